The molecule has 0 aliphatic carbocycles. The first kappa shape index (κ1) is 19.9. The number of unbranched alkanes of at least 4 members (excludes halogenated alkanes) is 1. The molecule has 1 aliphatic rings. The minimum Gasteiger partial charge on any atom is -0.494 e. The Bertz CT molecular complexity index is 457. The van der Waals surface area contributed by atoms with E-state index in [0.29, 0.717) is 6.42 Å². The quantitative estimate of drug-likeness (QED) is 0.537. The van der Waals surface area contributed by atoms with E-state index in [4.69, 9.17) is 4.74 Å². The first-order valence-electron chi connectivity index (χ1n) is 8.36. The van der Waals surface area contributed by atoms with Gasteiger partial charge in [0.05, 0.1) is 6.61 Å². The number of ketones is 1. The fraction of sp³-hybridized carbons (Fsp3) is 0.611. The van der Waals surface area contributed by atoms with Crippen molar-refractivity contribution in [1.82, 2.24) is 9.80 Å². The molecule has 2 rings (SSSR count). The molecule has 1 saturated heterocycles. The smallest absolute Gasteiger partial charge is 0.162 e. The normalized spacial score (nSPS) is 15.9. The maximum absolute atomic E-state index is 11.5. The summed E-state index contributed by atoms with van der Waals surface area (Å²) in [7, 11) is 2.19. The van der Waals surface area contributed by atoms with Gasteiger partial charge < -0.3 is 14.5 Å². The molecular formula is C18H29ClN2O2. The summed E-state index contributed by atoms with van der Waals surface area (Å²) >= 11 is 0. The van der Waals surface area contributed by atoms with Gasteiger partial charge in [0, 0.05) is 38.2 Å². The fourth-order valence-electron chi connectivity index (χ4n) is 2.64. The molecule has 0 saturated carbocycles. The van der Waals surface area contributed by atoms with E-state index in [1.54, 1.807) is 0 Å². The van der Waals surface area contributed by atoms with Crippen LogP contribution in [0.15, 0.2) is 24.3 Å². The molecule has 0 aromatic heterocycles. The van der Waals surface area contributed by atoms with Gasteiger partial charge in [-0.25, -0.2) is 0 Å². The average molecular weight is 341 g/mol. The molecule has 1 fully saturated rings. The number of benzene rings is 1. The number of likely N-dealkylation sites (N-methyl/N-ethyl adjacent to an activating group) is 1. The Balaban J connectivity index is 0.00000264. The Morgan fingerprint density at radius 2 is 1.74 bits per heavy atom. The highest BCUT2D eigenvalue weighted by atomic mass is 35.5. The van der Waals surface area contributed by atoms with Crippen LogP contribution in [0.3, 0.4) is 0 Å². The van der Waals surface area contributed by atoms with E-state index in [1.807, 2.05) is 31.2 Å². The second-order valence-electron chi connectivity index (χ2n) is 6.00. The number of nitrogens with zero attached hydrogens (tertiary/aromatic N) is 2. The highest BCUT2D eigenvalue weighted by molar-refractivity contribution is 5.95. The lowest BCUT2D eigenvalue weighted by Gasteiger charge is -2.32. The van der Waals surface area contributed by atoms with E-state index in [9.17, 15) is 4.79 Å². The molecule has 23 heavy (non-hydrogen) atoms. The number of ether oxygens (including phenoxy) is 1. The largest absolute Gasteiger partial charge is 0.494 e. The van der Waals surface area contributed by atoms with Gasteiger partial charge in [0.1, 0.15) is 5.75 Å². The third-order valence-electron chi connectivity index (χ3n) is 4.23. The number of Topliss-reactive ketones (excluding diaryl/α,β-unsaturated/α-hetero) is 1. The number of hydrogen-bond donors (Lipinski definition) is 0. The number of halogens is 1. The average Bonchev–Trinajstić information content (AvgIpc) is 2.56. The molecule has 0 unspecified atom stereocenters. The van der Waals surface area contributed by atoms with Gasteiger partial charge in [0.25, 0.3) is 0 Å². The van der Waals surface area contributed by atoms with Crippen molar-refractivity contribution in [3.8, 4) is 5.75 Å². The van der Waals surface area contributed by atoms with E-state index < -0.39 is 0 Å². The monoisotopic (exact) mass is 340 g/mol. The third kappa shape index (κ3) is 6.90. The van der Waals surface area contributed by atoms with E-state index in [-0.39, 0.29) is 18.2 Å². The van der Waals surface area contributed by atoms with Crippen LogP contribution in [0.25, 0.3) is 0 Å². The van der Waals surface area contributed by atoms with Crippen LogP contribution in [0.2, 0.25) is 0 Å². The van der Waals surface area contributed by atoms with Gasteiger partial charge in [-0.1, -0.05) is 6.92 Å². The number of carbonyl (C=O) groups is 1. The van der Waals surface area contributed by atoms with Crippen molar-refractivity contribution in [2.75, 3.05) is 46.4 Å². The summed E-state index contributed by atoms with van der Waals surface area (Å²) in [5.74, 6) is 1.03. The predicted molar refractivity (Wildman–Crippen MR) is 97.0 cm³/mol. The molecule has 0 atom stereocenters. The first-order chi connectivity index (χ1) is 10.7. The summed E-state index contributed by atoms with van der Waals surface area (Å²) in [5.41, 5.74) is 0.768. The molecule has 1 aromatic rings. The topological polar surface area (TPSA) is 32.8 Å². The molecule has 4 nitrogen and oxygen atoms in total. The number of carbonyl (C=O) groups excluding carboxylic acids is 1. The van der Waals surface area contributed by atoms with Crippen LogP contribution in [-0.4, -0.2) is 62.0 Å². The predicted octanol–water partition coefficient (Wildman–Crippen LogP) is 3.11. The van der Waals surface area contributed by atoms with E-state index in [1.165, 1.54) is 39.1 Å². The van der Waals surface area contributed by atoms with Gasteiger partial charge in [-0.15, -0.1) is 12.4 Å². The Morgan fingerprint density at radius 3 is 2.35 bits per heavy atom. The summed E-state index contributed by atoms with van der Waals surface area (Å²) in [4.78, 5) is 16.5. The lowest BCUT2D eigenvalue weighted by Crippen LogP contribution is -2.44. The third-order valence-corrected chi connectivity index (χ3v) is 4.23. The Hall–Kier alpha value is -1.10. The maximum Gasteiger partial charge on any atom is 0.162 e. The van der Waals surface area contributed by atoms with Crippen LogP contribution in [0.4, 0.5) is 0 Å². The number of piperazine rings is 1. The number of rotatable bonds is 8. The standard InChI is InChI=1S/C18H28N2O2.ClH/c1-3-18(21)16-6-8-17(9-7-16)22-15-5-4-10-20-13-11-19(2)12-14-20;/h6-9H,3-5,10-15H2,1-2H3;1H. The van der Waals surface area contributed by atoms with Crippen LogP contribution in [0.5, 0.6) is 5.75 Å². The minimum absolute atomic E-state index is 0. The van der Waals surface area contributed by atoms with Crippen LogP contribution in [0, 0.1) is 0 Å². The lowest BCUT2D eigenvalue weighted by molar-refractivity contribution is 0.0988. The molecule has 1 heterocycles. The summed E-state index contributed by atoms with van der Waals surface area (Å²) in [5, 5.41) is 0. The summed E-state index contributed by atoms with van der Waals surface area (Å²) in [6.45, 7) is 8.52. The van der Waals surface area contributed by atoms with Crippen LogP contribution < -0.4 is 4.74 Å². The summed E-state index contributed by atoms with van der Waals surface area (Å²) < 4.78 is 5.74. The minimum atomic E-state index is 0. The van der Waals surface area contributed by atoms with Gasteiger partial charge >= 0.3 is 0 Å². The molecule has 0 amide bonds. The van der Waals surface area contributed by atoms with Crippen molar-refractivity contribution in [2.45, 2.75) is 26.2 Å². The van der Waals surface area contributed by atoms with Gasteiger partial charge in [0.15, 0.2) is 5.78 Å². The molecule has 1 aromatic carbocycles. The molecule has 130 valence electrons. The van der Waals surface area contributed by atoms with Crippen molar-refractivity contribution in [1.29, 1.82) is 0 Å². The van der Waals surface area contributed by atoms with Gasteiger partial charge in [-0.3, -0.25) is 4.79 Å². The molecule has 1 aliphatic heterocycles. The first-order valence-corrected chi connectivity index (χ1v) is 8.36. The Labute approximate surface area is 146 Å². The van der Waals surface area contributed by atoms with Crippen molar-refractivity contribution in [3.05, 3.63) is 29.8 Å². The zero-order chi connectivity index (χ0) is 15.8. The highest BCUT2D eigenvalue weighted by Crippen LogP contribution is 2.14. The van der Waals surface area contributed by atoms with E-state index in [2.05, 4.69) is 16.8 Å². The van der Waals surface area contributed by atoms with Gasteiger partial charge in [0.2, 0.25) is 0 Å². The zero-order valence-corrected chi connectivity index (χ0v) is 15.1. The van der Waals surface area contributed by atoms with Crippen LogP contribution >= 0.6 is 12.4 Å². The SMILES string of the molecule is CCC(=O)c1ccc(OCCCCN2CCN(C)CC2)cc1.Cl. The van der Waals surface area contributed by atoms with Gasteiger partial charge in [-0.05, 0) is 50.7 Å². The molecule has 0 spiro atoms. The van der Waals surface area contributed by atoms with E-state index in [0.717, 1.165) is 24.3 Å². The number of hydrogen-bond acceptors (Lipinski definition) is 4. The van der Waals surface area contributed by atoms with Crippen LogP contribution in [0.1, 0.15) is 36.5 Å². The second-order valence-corrected chi connectivity index (χ2v) is 6.00. The fourth-order valence-corrected chi connectivity index (χ4v) is 2.64. The maximum atomic E-state index is 11.5. The summed E-state index contributed by atoms with van der Waals surface area (Å²) in [6.07, 6.45) is 2.80. The molecular weight excluding hydrogens is 312 g/mol. The zero-order valence-electron chi connectivity index (χ0n) is 14.3. The highest BCUT2D eigenvalue weighted by Gasteiger charge is 2.12. The molecule has 0 radical (unpaired) electrons. The van der Waals surface area contributed by atoms with Crippen LogP contribution in [-0.2, 0) is 0 Å². The molecule has 0 bridgehead atoms. The second kappa shape index (κ2) is 10.6. The summed E-state index contributed by atoms with van der Waals surface area (Å²) in [6, 6.07) is 7.49. The van der Waals surface area contributed by atoms with Gasteiger partial charge in [-0.2, -0.15) is 0 Å². The van der Waals surface area contributed by atoms with Crippen molar-refractivity contribution >= 4 is 18.2 Å². The molecule has 0 N–H and O–H groups in total. The van der Waals surface area contributed by atoms with E-state index >= 15 is 0 Å². The Morgan fingerprint density at radius 1 is 1.09 bits per heavy atom. The Kier molecular flexibility index (Phi) is 9.22. The molecule has 5 heteroatoms. The van der Waals surface area contributed by atoms with Crippen molar-refractivity contribution in [3.63, 3.8) is 0 Å². The lowest BCUT2D eigenvalue weighted by atomic mass is 10.1. The van der Waals surface area contributed by atoms with Crippen molar-refractivity contribution in [2.24, 2.45) is 0 Å². The van der Waals surface area contributed by atoms with Crippen molar-refractivity contribution < 1.29 is 9.53 Å².